The molecule has 0 aliphatic heterocycles. The maximum atomic E-state index is 12.2. The zero-order chi connectivity index (χ0) is 15.1. The van der Waals surface area contributed by atoms with Gasteiger partial charge in [0.05, 0.1) is 13.7 Å². The SMILES string of the molecule is COCc1ccccc1CNC(=O)c1cccc(OC)c1. The second-order valence-corrected chi connectivity index (χ2v) is 4.62. The molecule has 1 amide bonds. The van der Waals surface area contributed by atoms with Crippen LogP contribution in [-0.4, -0.2) is 20.1 Å². The summed E-state index contributed by atoms with van der Waals surface area (Å²) >= 11 is 0. The summed E-state index contributed by atoms with van der Waals surface area (Å²) in [5.41, 5.74) is 2.71. The summed E-state index contributed by atoms with van der Waals surface area (Å²) in [6.07, 6.45) is 0. The first-order valence-corrected chi connectivity index (χ1v) is 6.72. The highest BCUT2D eigenvalue weighted by Crippen LogP contribution is 2.13. The van der Waals surface area contributed by atoms with Gasteiger partial charge in [-0.15, -0.1) is 0 Å². The van der Waals surface area contributed by atoms with Gasteiger partial charge in [-0.2, -0.15) is 0 Å². The van der Waals surface area contributed by atoms with Crippen LogP contribution in [0.3, 0.4) is 0 Å². The Kier molecular flexibility index (Phi) is 5.35. The molecule has 0 spiro atoms. The fourth-order valence-electron chi connectivity index (χ4n) is 2.07. The lowest BCUT2D eigenvalue weighted by atomic mass is 10.1. The van der Waals surface area contributed by atoms with E-state index in [2.05, 4.69) is 5.32 Å². The highest BCUT2D eigenvalue weighted by Gasteiger charge is 2.08. The zero-order valence-electron chi connectivity index (χ0n) is 12.3. The molecule has 0 aliphatic rings. The Balaban J connectivity index is 2.04. The summed E-state index contributed by atoms with van der Waals surface area (Å²) in [4.78, 5) is 12.2. The topological polar surface area (TPSA) is 47.6 Å². The molecule has 0 saturated heterocycles. The zero-order valence-corrected chi connectivity index (χ0v) is 12.3. The summed E-state index contributed by atoms with van der Waals surface area (Å²) in [6, 6.07) is 15.0. The molecule has 0 unspecified atom stereocenters. The number of hydrogen-bond donors (Lipinski definition) is 1. The van der Waals surface area contributed by atoms with E-state index in [-0.39, 0.29) is 5.91 Å². The van der Waals surface area contributed by atoms with Gasteiger partial charge in [-0.05, 0) is 29.3 Å². The number of carbonyl (C=O) groups is 1. The van der Waals surface area contributed by atoms with E-state index in [9.17, 15) is 4.79 Å². The van der Waals surface area contributed by atoms with Crippen molar-refractivity contribution in [3.63, 3.8) is 0 Å². The second-order valence-electron chi connectivity index (χ2n) is 4.62. The third-order valence-electron chi connectivity index (χ3n) is 3.19. The number of carbonyl (C=O) groups excluding carboxylic acids is 1. The molecule has 0 atom stereocenters. The third-order valence-corrected chi connectivity index (χ3v) is 3.19. The molecule has 0 fully saturated rings. The fourth-order valence-corrected chi connectivity index (χ4v) is 2.07. The van der Waals surface area contributed by atoms with Gasteiger partial charge in [0.2, 0.25) is 0 Å². The average Bonchev–Trinajstić information content (AvgIpc) is 2.54. The number of ether oxygens (including phenoxy) is 2. The highest BCUT2D eigenvalue weighted by molar-refractivity contribution is 5.94. The quantitative estimate of drug-likeness (QED) is 0.887. The number of hydrogen-bond acceptors (Lipinski definition) is 3. The number of nitrogens with one attached hydrogen (secondary N) is 1. The van der Waals surface area contributed by atoms with Gasteiger partial charge < -0.3 is 14.8 Å². The van der Waals surface area contributed by atoms with Crippen LogP contribution in [0.4, 0.5) is 0 Å². The van der Waals surface area contributed by atoms with E-state index in [1.165, 1.54) is 0 Å². The maximum absolute atomic E-state index is 12.2. The predicted octanol–water partition coefficient (Wildman–Crippen LogP) is 2.77. The normalized spacial score (nSPS) is 10.2. The molecule has 0 radical (unpaired) electrons. The van der Waals surface area contributed by atoms with Crippen molar-refractivity contribution in [3.05, 3.63) is 65.2 Å². The van der Waals surface area contributed by atoms with E-state index in [1.54, 1.807) is 32.4 Å². The Labute approximate surface area is 124 Å². The standard InChI is InChI=1S/C17H19NO3/c1-20-12-15-7-4-3-6-14(15)11-18-17(19)13-8-5-9-16(10-13)21-2/h3-10H,11-12H2,1-2H3,(H,18,19). The van der Waals surface area contributed by atoms with Crippen molar-refractivity contribution in [1.29, 1.82) is 0 Å². The summed E-state index contributed by atoms with van der Waals surface area (Å²) in [6.45, 7) is 1.00. The molecule has 0 aromatic heterocycles. The predicted molar refractivity (Wildman–Crippen MR) is 81.3 cm³/mol. The van der Waals surface area contributed by atoms with Crippen LogP contribution in [-0.2, 0) is 17.9 Å². The second kappa shape index (κ2) is 7.45. The summed E-state index contributed by atoms with van der Waals surface area (Å²) < 4.78 is 10.3. The molecular formula is C17H19NO3. The van der Waals surface area contributed by atoms with Crippen LogP contribution in [0.2, 0.25) is 0 Å². The highest BCUT2D eigenvalue weighted by atomic mass is 16.5. The van der Waals surface area contributed by atoms with Gasteiger partial charge in [-0.1, -0.05) is 30.3 Å². The molecule has 0 heterocycles. The Bertz CT molecular complexity index is 610. The number of rotatable bonds is 6. The van der Waals surface area contributed by atoms with Crippen LogP contribution in [0.15, 0.2) is 48.5 Å². The van der Waals surface area contributed by atoms with Crippen molar-refractivity contribution in [2.75, 3.05) is 14.2 Å². The van der Waals surface area contributed by atoms with Gasteiger partial charge in [-0.25, -0.2) is 0 Å². The molecule has 4 heteroatoms. The van der Waals surface area contributed by atoms with Crippen molar-refractivity contribution in [2.45, 2.75) is 13.2 Å². The van der Waals surface area contributed by atoms with Gasteiger partial charge in [0, 0.05) is 19.2 Å². The van der Waals surface area contributed by atoms with Crippen molar-refractivity contribution in [2.24, 2.45) is 0 Å². The smallest absolute Gasteiger partial charge is 0.251 e. The van der Waals surface area contributed by atoms with Crippen LogP contribution in [0.1, 0.15) is 21.5 Å². The summed E-state index contributed by atoms with van der Waals surface area (Å²) in [5, 5.41) is 2.92. The van der Waals surface area contributed by atoms with Crippen LogP contribution in [0.5, 0.6) is 5.75 Å². The van der Waals surface area contributed by atoms with Crippen molar-refractivity contribution in [3.8, 4) is 5.75 Å². The van der Waals surface area contributed by atoms with Gasteiger partial charge in [0.25, 0.3) is 5.91 Å². The minimum absolute atomic E-state index is 0.124. The first-order valence-electron chi connectivity index (χ1n) is 6.72. The van der Waals surface area contributed by atoms with Crippen molar-refractivity contribution in [1.82, 2.24) is 5.32 Å². The lowest BCUT2D eigenvalue weighted by Gasteiger charge is -2.10. The summed E-state index contributed by atoms with van der Waals surface area (Å²) in [5.74, 6) is 0.545. The summed E-state index contributed by atoms with van der Waals surface area (Å²) in [7, 11) is 3.24. The van der Waals surface area contributed by atoms with Crippen molar-refractivity contribution < 1.29 is 14.3 Å². The molecule has 0 aliphatic carbocycles. The van der Waals surface area contributed by atoms with Crippen molar-refractivity contribution >= 4 is 5.91 Å². The number of amides is 1. The minimum atomic E-state index is -0.124. The molecule has 4 nitrogen and oxygen atoms in total. The Hall–Kier alpha value is -2.33. The Morgan fingerprint density at radius 1 is 1.05 bits per heavy atom. The van der Waals surface area contributed by atoms with Crippen LogP contribution in [0.25, 0.3) is 0 Å². The van der Waals surface area contributed by atoms with Gasteiger partial charge in [0.1, 0.15) is 5.75 Å². The largest absolute Gasteiger partial charge is 0.497 e. The molecule has 2 aromatic carbocycles. The van der Waals surface area contributed by atoms with E-state index < -0.39 is 0 Å². The average molecular weight is 285 g/mol. The fraction of sp³-hybridized carbons (Fsp3) is 0.235. The van der Waals surface area contributed by atoms with Crippen LogP contribution >= 0.6 is 0 Å². The molecule has 1 N–H and O–H groups in total. The molecular weight excluding hydrogens is 266 g/mol. The van der Waals surface area contributed by atoms with E-state index >= 15 is 0 Å². The van der Waals surface area contributed by atoms with Gasteiger partial charge in [0.15, 0.2) is 0 Å². The molecule has 2 rings (SSSR count). The number of methoxy groups -OCH3 is 2. The first kappa shape index (κ1) is 15.1. The molecule has 21 heavy (non-hydrogen) atoms. The lowest BCUT2D eigenvalue weighted by molar-refractivity contribution is 0.0950. The number of benzene rings is 2. The van der Waals surface area contributed by atoms with Gasteiger partial charge in [-0.3, -0.25) is 4.79 Å². The van der Waals surface area contributed by atoms with E-state index in [4.69, 9.17) is 9.47 Å². The maximum Gasteiger partial charge on any atom is 0.251 e. The molecule has 110 valence electrons. The van der Waals surface area contributed by atoms with E-state index in [0.717, 1.165) is 11.1 Å². The lowest BCUT2D eigenvalue weighted by Crippen LogP contribution is -2.23. The van der Waals surface area contributed by atoms with Crippen LogP contribution < -0.4 is 10.1 Å². The Morgan fingerprint density at radius 3 is 2.52 bits per heavy atom. The monoisotopic (exact) mass is 285 g/mol. The van der Waals surface area contributed by atoms with E-state index in [0.29, 0.717) is 24.5 Å². The minimum Gasteiger partial charge on any atom is -0.497 e. The van der Waals surface area contributed by atoms with Gasteiger partial charge >= 0.3 is 0 Å². The molecule has 0 saturated carbocycles. The molecule has 0 bridgehead atoms. The Morgan fingerprint density at radius 2 is 1.81 bits per heavy atom. The van der Waals surface area contributed by atoms with E-state index in [1.807, 2.05) is 30.3 Å². The van der Waals surface area contributed by atoms with Crippen LogP contribution in [0, 0.1) is 0 Å². The third kappa shape index (κ3) is 4.07. The first-order chi connectivity index (χ1) is 10.2. The molecule has 2 aromatic rings.